The molecule has 0 rings (SSSR count). The molecular formula is C24H44N2O8. The number of hydrogen-bond acceptors (Lipinski definition) is 9. The number of rotatable bonds is 14. The Hall–Kier alpha value is -2.36. The predicted molar refractivity (Wildman–Crippen MR) is 127 cm³/mol. The van der Waals surface area contributed by atoms with Gasteiger partial charge in [0, 0.05) is 26.8 Å². The van der Waals surface area contributed by atoms with Gasteiger partial charge in [0.1, 0.15) is 0 Å². The maximum atomic E-state index is 11.8. The van der Waals surface area contributed by atoms with Crippen molar-refractivity contribution in [1.82, 2.24) is 10.6 Å². The molecule has 198 valence electrons. The fraction of sp³-hybridized carbons (Fsp3) is 0.833. The molecule has 0 aromatic rings. The molecule has 0 unspecified atom stereocenters. The lowest BCUT2D eigenvalue weighted by Crippen LogP contribution is -2.33. The summed E-state index contributed by atoms with van der Waals surface area (Å²) in [5.74, 6) is -1.26. The van der Waals surface area contributed by atoms with Crippen LogP contribution in [0.5, 0.6) is 0 Å². The summed E-state index contributed by atoms with van der Waals surface area (Å²) in [5, 5.41) is 5.88. The van der Waals surface area contributed by atoms with Gasteiger partial charge in [0.25, 0.3) is 0 Å². The zero-order valence-electron chi connectivity index (χ0n) is 22.1. The van der Waals surface area contributed by atoms with E-state index >= 15 is 0 Å². The second-order valence-corrected chi connectivity index (χ2v) is 10.2. The minimum absolute atomic E-state index is 0.236. The van der Waals surface area contributed by atoms with Crippen molar-refractivity contribution in [3.05, 3.63) is 0 Å². The molecule has 0 aromatic heterocycles. The first-order valence-corrected chi connectivity index (χ1v) is 11.9. The molecule has 34 heavy (non-hydrogen) atoms. The lowest BCUT2D eigenvalue weighted by molar-refractivity contribution is -0.190. The number of carbonyl (C=O) groups excluding carboxylic acids is 4. The Morgan fingerprint density at radius 1 is 0.647 bits per heavy atom. The molecule has 0 aliphatic heterocycles. The molecule has 0 saturated carbocycles. The number of nitrogens with one attached hydrogen (secondary N) is 2. The van der Waals surface area contributed by atoms with Crippen LogP contribution in [0.1, 0.15) is 87.5 Å². The fourth-order valence-electron chi connectivity index (χ4n) is 2.36. The van der Waals surface area contributed by atoms with Gasteiger partial charge in [-0.1, -0.05) is 6.42 Å². The van der Waals surface area contributed by atoms with E-state index in [0.29, 0.717) is 19.5 Å². The molecule has 10 nitrogen and oxygen atoms in total. The summed E-state index contributed by atoms with van der Waals surface area (Å²) >= 11 is 0. The minimum Gasteiger partial charge on any atom is -0.425 e. The summed E-state index contributed by atoms with van der Waals surface area (Å²) in [4.78, 5) is 47.0. The number of hydrogen-bond donors (Lipinski definition) is 2. The van der Waals surface area contributed by atoms with Crippen LogP contribution in [-0.4, -0.2) is 56.2 Å². The van der Waals surface area contributed by atoms with Crippen molar-refractivity contribution >= 4 is 24.0 Å². The summed E-state index contributed by atoms with van der Waals surface area (Å²) in [6.07, 6.45) is 0.978. The van der Waals surface area contributed by atoms with Crippen molar-refractivity contribution in [2.24, 2.45) is 10.8 Å². The van der Waals surface area contributed by atoms with Crippen molar-refractivity contribution < 1.29 is 38.1 Å². The van der Waals surface area contributed by atoms with E-state index in [1.807, 2.05) is 0 Å². The lowest BCUT2D eigenvalue weighted by atomic mass is 9.97. The molecule has 0 saturated heterocycles. The molecule has 0 aliphatic carbocycles. The van der Waals surface area contributed by atoms with Crippen LogP contribution in [0.15, 0.2) is 0 Å². The van der Waals surface area contributed by atoms with E-state index in [0.717, 1.165) is 25.8 Å². The first-order chi connectivity index (χ1) is 15.6. The number of carbonyl (C=O) groups is 4. The van der Waals surface area contributed by atoms with Crippen molar-refractivity contribution in [3.63, 3.8) is 0 Å². The fourth-order valence-corrected chi connectivity index (χ4v) is 2.36. The van der Waals surface area contributed by atoms with Gasteiger partial charge in [-0.3, -0.25) is 14.4 Å². The highest BCUT2D eigenvalue weighted by molar-refractivity contribution is 5.76. The molecule has 10 heteroatoms. The van der Waals surface area contributed by atoms with E-state index in [2.05, 4.69) is 10.6 Å². The summed E-state index contributed by atoms with van der Waals surface area (Å²) in [5.41, 5.74) is -1.31. The first-order valence-electron chi connectivity index (χ1n) is 11.9. The first kappa shape index (κ1) is 31.6. The monoisotopic (exact) mass is 488 g/mol. The maximum absolute atomic E-state index is 11.8. The Morgan fingerprint density at radius 2 is 1.12 bits per heavy atom. The molecule has 1 amide bonds. The number of alkyl carbamates (subject to hydrolysis) is 1. The van der Waals surface area contributed by atoms with Crippen LogP contribution in [0, 0.1) is 10.8 Å². The van der Waals surface area contributed by atoms with Gasteiger partial charge in [-0.2, -0.15) is 0 Å². The molecule has 0 heterocycles. The van der Waals surface area contributed by atoms with E-state index in [1.54, 1.807) is 41.5 Å². The number of amides is 1. The summed E-state index contributed by atoms with van der Waals surface area (Å²) in [7, 11) is 0. The van der Waals surface area contributed by atoms with E-state index in [9.17, 15) is 19.2 Å². The highest BCUT2D eigenvalue weighted by Crippen LogP contribution is 2.17. The highest BCUT2D eigenvalue weighted by Gasteiger charge is 2.27. The van der Waals surface area contributed by atoms with Crippen molar-refractivity contribution in [2.45, 2.75) is 100 Å². The van der Waals surface area contributed by atoms with Gasteiger partial charge in [-0.25, -0.2) is 4.79 Å². The van der Waals surface area contributed by atoms with Gasteiger partial charge in [-0.05, 0) is 73.9 Å². The molecular weight excluding hydrogens is 444 g/mol. The van der Waals surface area contributed by atoms with Crippen LogP contribution in [0.3, 0.4) is 0 Å². The average molecular weight is 489 g/mol. The Kier molecular flexibility index (Phi) is 14.4. The van der Waals surface area contributed by atoms with Gasteiger partial charge < -0.3 is 29.6 Å². The van der Waals surface area contributed by atoms with Gasteiger partial charge in [0.05, 0.1) is 10.8 Å². The van der Waals surface area contributed by atoms with E-state index in [-0.39, 0.29) is 6.42 Å². The number of esters is 3. The van der Waals surface area contributed by atoms with Gasteiger partial charge in [0.2, 0.25) is 12.6 Å². The standard InChI is InChI=1S/C24H44N2O8/c1-17(32-20(28)23(3,4)5)31-19(27)13-12-15-25-14-10-9-11-16-26-22(30)34-18(2)33-21(29)24(6,7)8/h17-18,25H,9-16H2,1-8H3,(H,26,30)/t17-,18+/m0/s1. The Labute approximate surface area is 203 Å². The normalized spacial score (nSPS) is 13.4. The zero-order valence-corrected chi connectivity index (χ0v) is 22.1. The third-order valence-corrected chi connectivity index (χ3v) is 4.38. The van der Waals surface area contributed by atoms with Crippen LogP contribution in [0.25, 0.3) is 0 Å². The average Bonchev–Trinajstić information content (AvgIpc) is 2.67. The zero-order chi connectivity index (χ0) is 26.4. The van der Waals surface area contributed by atoms with Crippen molar-refractivity contribution in [2.75, 3.05) is 19.6 Å². The molecule has 2 atom stereocenters. The molecule has 0 aliphatic rings. The minimum atomic E-state index is -0.949. The Balaban J connectivity index is 3.68. The Morgan fingerprint density at radius 3 is 1.65 bits per heavy atom. The molecule has 0 bridgehead atoms. The maximum Gasteiger partial charge on any atom is 0.410 e. The Bertz CT molecular complexity index is 596. The van der Waals surface area contributed by atoms with Gasteiger partial charge >= 0.3 is 24.0 Å². The van der Waals surface area contributed by atoms with E-state index in [1.165, 1.54) is 13.8 Å². The van der Waals surface area contributed by atoms with Crippen LogP contribution in [0.4, 0.5) is 4.79 Å². The quantitative estimate of drug-likeness (QED) is 0.214. The van der Waals surface area contributed by atoms with Crippen LogP contribution >= 0.6 is 0 Å². The molecule has 0 aromatic carbocycles. The van der Waals surface area contributed by atoms with Crippen LogP contribution in [-0.2, 0) is 33.3 Å². The molecule has 0 fully saturated rings. The molecule has 2 N–H and O–H groups in total. The SMILES string of the molecule is C[C@@H](OC(=O)CCCNCCCCCNC(=O)O[C@H](C)OC(=O)C(C)(C)C)OC(=O)C(C)(C)C. The largest absolute Gasteiger partial charge is 0.425 e. The summed E-state index contributed by atoms with van der Waals surface area (Å²) in [6.45, 7) is 15.3. The molecule has 0 spiro atoms. The third kappa shape index (κ3) is 16.3. The lowest BCUT2D eigenvalue weighted by Gasteiger charge is -2.20. The van der Waals surface area contributed by atoms with Gasteiger partial charge in [0.15, 0.2) is 0 Å². The van der Waals surface area contributed by atoms with E-state index < -0.39 is 47.4 Å². The van der Waals surface area contributed by atoms with Crippen LogP contribution < -0.4 is 10.6 Å². The topological polar surface area (TPSA) is 129 Å². The van der Waals surface area contributed by atoms with E-state index in [4.69, 9.17) is 18.9 Å². The van der Waals surface area contributed by atoms with Gasteiger partial charge in [-0.15, -0.1) is 0 Å². The summed E-state index contributed by atoms with van der Waals surface area (Å²) in [6, 6.07) is 0. The third-order valence-electron chi connectivity index (χ3n) is 4.38. The van der Waals surface area contributed by atoms with Crippen molar-refractivity contribution in [1.29, 1.82) is 0 Å². The number of ether oxygens (including phenoxy) is 4. The van der Waals surface area contributed by atoms with Crippen molar-refractivity contribution in [3.8, 4) is 0 Å². The van der Waals surface area contributed by atoms with Crippen LogP contribution in [0.2, 0.25) is 0 Å². The summed E-state index contributed by atoms with van der Waals surface area (Å²) < 4.78 is 20.2. The molecule has 0 radical (unpaired) electrons. The smallest absolute Gasteiger partial charge is 0.410 e. The second-order valence-electron chi connectivity index (χ2n) is 10.2. The highest BCUT2D eigenvalue weighted by atomic mass is 16.7. The second kappa shape index (κ2) is 15.5. The number of unbranched alkanes of at least 4 members (excludes halogenated alkanes) is 2. The predicted octanol–water partition coefficient (Wildman–Crippen LogP) is 3.67.